The number of amides is 1. The van der Waals surface area contributed by atoms with Crippen molar-refractivity contribution < 1.29 is 9.53 Å². The van der Waals surface area contributed by atoms with Gasteiger partial charge in [0.2, 0.25) is 0 Å². The van der Waals surface area contributed by atoms with E-state index >= 15 is 0 Å². The summed E-state index contributed by atoms with van der Waals surface area (Å²) in [6, 6.07) is 1.87. The molecule has 0 radical (unpaired) electrons. The van der Waals surface area contributed by atoms with Gasteiger partial charge in [-0.2, -0.15) is 5.26 Å². The van der Waals surface area contributed by atoms with Gasteiger partial charge >= 0.3 is 0 Å². The lowest BCUT2D eigenvalue weighted by Gasteiger charge is -2.10. The molecule has 0 spiro atoms. The topological polar surface area (TPSA) is 74.2 Å². The van der Waals surface area contributed by atoms with Gasteiger partial charge in [0.05, 0.1) is 6.10 Å². The van der Waals surface area contributed by atoms with E-state index in [0.717, 1.165) is 25.9 Å². The van der Waals surface area contributed by atoms with Crippen LogP contribution in [-0.2, 0) is 9.53 Å². The molecule has 1 saturated heterocycles. The summed E-state index contributed by atoms with van der Waals surface area (Å²) in [6.07, 6.45) is 4.28. The maximum absolute atomic E-state index is 11.7. The molecule has 0 aliphatic carbocycles. The van der Waals surface area contributed by atoms with Crippen molar-refractivity contribution in [3.8, 4) is 6.07 Å². The Morgan fingerprint density at radius 3 is 3.06 bits per heavy atom. The Hall–Kier alpha value is -1.25. The fourth-order valence-electron chi connectivity index (χ4n) is 1.60. The van der Waals surface area contributed by atoms with Crippen LogP contribution in [0.15, 0.2) is 11.8 Å². The largest absolute Gasteiger partial charge is 0.390 e. The zero-order chi connectivity index (χ0) is 13.2. The molecule has 1 unspecified atom stereocenters. The molecular weight excluding hydrogens is 254 g/mol. The van der Waals surface area contributed by atoms with Crippen LogP contribution in [0.3, 0.4) is 0 Å². The van der Waals surface area contributed by atoms with Crippen LogP contribution >= 0.6 is 11.6 Å². The Morgan fingerprint density at radius 1 is 1.61 bits per heavy atom. The summed E-state index contributed by atoms with van der Waals surface area (Å²) < 4.78 is 5.38. The third kappa shape index (κ3) is 5.39. The molecule has 0 saturated carbocycles. The molecule has 0 aromatic rings. The number of halogens is 1. The molecule has 1 fully saturated rings. The zero-order valence-corrected chi connectivity index (χ0v) is 11.0. The fraction of sp³-hybridized carbons (Fsp3) is 0.667. The molecule has 0 bridgehead atoms. The summed E-state index contributed by atoms with van der Waals surface area (Å²) >= 11 is 5.52. The highest BCUT2D eigenvalue weighted by molar-refractivity contribution is 6.17. The highest BCUT2D eigenvalue weighted by Gasteiger charge is 2.17. The van der Waals surface area contributed by atoms with Crippen LogP contribution in [0.4, 0.5) is 0 Å². The molecule has 100 valence electrons. The summed E-state index contributed by atoms with van der Waals surface area (Å²) in [4.78, 5) is 11.7. The molecule has 2 N–H and O–H groups in total. The number of alkyl halides is 1. The maximum Gasteiger partial charge on any atom is 0.263 e. The van der Waals surface area contributed by atoms with Crippen LogP contribution in [0.2, 0.25) is 0 Å². The predicted molar refractivity (Wildman–Crippen MR) is 69.0 cm³/mol. The lowest BCUT2D eigenvalue weighted by molar-refractivity contribution is -0.117. The predicted octanol–water partition coefficient (Wildman–Crippen LogP) is 0.908. The van der Waals surface area contributed by atoms with Gasteiger partial charge in [-0.3, -0.25) is 4.79 Å². The summed E-state index contributed by atoms with van der Waals surface area (Å²) in [6.45, 7) is 1.86. The lowest BCUT2D eigenvalue weighted by Crippen LogP contribution is -2.33. The Bertz CT molecular complexity index is 333. The van der Waals surface area contributed by atoms with E-state index in [9.17, 15) is 4.79 Å². The van der Waals surface area contributed by atoms with Gasteiger partial charge in [-0.05, 0) is 19.3 Å². The third-order valence-electron chi connectivity index (χ3n) is 2.58. The van der Waals surface area contributed by atoms with E-state index in [-0.39, 0.29) is 17.6 Å². The van der Waals surface area contributed by atoms with Gasteiger partial charge in [-0.25, -0.2) is 0 Å². The molecule has 0 aromatic heterocycles. The quantitative estimate of drug-likeness (QED) is 0.312. The summed E-state index contributed by atoms with van der Waals surface area (Å²) in [5.41, 5.74) is 0.0718. The molecule has 1 aliphatic heterocycles. The minimum Gasteiger partial charge on any atom is -0.390 e. The molecule has 1 atom stereocenters. The molecule has 6 heteroatoms. The number of rotatable bonds is 7. The number of carbonyl (C=O) groups is 1. The first-order chi connectivity index (χ1) is 8.77. The Morgan fingerprint density at radius 2 is 2.44 bits per heavy atom. The average molecular weight is 272 g/mol. The first kappa shape index (κ1) is 14.8. The van der Waals surface area contributed by atoms with E-state index in [1.54, 1.807) is 0 Å². The molecule has 0 aromatic carbocycles. The molecule has 1 heterocycles. The fourth-order valence-corrected chi connectivity index (χ4v) is 1.73. The smallest absolute Gasteiger partial charge is 0.263 e. The van der Waals surface area contributed by atoms with Crippen molar-refractivity contribution in [2.24, 2.45) is 0 Å². The molecule has 5 nitrogen and oxygen atoms in total. The van der Waals surface area contributed by atoms with Crippen molar-refractivity contribution in [2.75, 3.05) is 25.6 Å². The standard InChI is InChI=1S/C12H18ClN3O2/c13-4-2-5-15-8-10(7-14)12(17)16-9-11-3-1-6-18-11/h8,11,15H,1-6,9H2,(H,16,17)/b10-8-. The highest BCUT2D eigenvalue weighted by Crippen LogP contribution is 2.10. The van der Waals surface area contributed by atoms with Gasteiger partial charge in [0, 0.05) is 31.8 Å². The third-order valence-corrected chi connectivity index (χ3v) is 2.85. The van der Waals surface area contributed by atoms with Crippen molar-refractivity contribution in [1.82, 2.24) is 10.6 Å². The van der Waals surface area contributed by atoms with Gasteiger partial charge in [0.15, 0.2) is 0 Å². The number of ether oxygens (including phenoxy) is 1. The van der Waals surface area contributed by atoms with E-state index < -0.39 is 0 Å². The minimum absolute atomic E-state index is 0.0718. The summed E-state index contributed by atoms with van der Waals surface area (Å²) in [5.74, 6) is 0.180. The molecule has 1 rings (SSSR count). The van der Waals surface area contributed by atoms with Crippen molar-refractivity contribution >= 4 is 17.5 Å². The van der Waals surface area contributed by atoms with Crippen LogP contribution in [0.1, 0.15) is 19.3 Å². The van der Waals surface area contributed by atoms with E-state index in [1.165, 1.54) is 6.20 Å². The van der Waals surface area contributed by atoms with Crippen molar-refractivity contribution in [2.45, 2.75) is 25.4 Å². The van der Waals surface area contributed by atoms with Gasteiger partial charge in [-0.15, -0.1) is 11.6 Å². The molecular formula is C12H18ClN3O2. The van der Waals surface area contributed by atoms with Crippen molar-refractivity contribution in [3.05, 3.63) is 11.8 Å². The first-order valence-electron chi connectivity index (χ1n) is 6.07. The number of carbonyl (C=O) groups excluding carboxylic acids is 1. The maximum atomic E-state index is 11.7. The lowest BCUT2D eigenvalue weighted by atomic mass is 10.2. The van der Waals surface area contributed by atoms with E-state index in [4.69, 9.17) is 21.6 Å². The van der Waals surface area contributed by atoms with Crippen molar-refractivity contribution in [3.63, 3.8) is 0 Å². The molecule has 1 aliphatic rings. The molecule has 1 amide bonds. The number of nitrogens with one attached hydrogen (secondary N) is 2. The normalized spacial score (nSPS) is 19.3. The number of nitriles is 1. The number of hydrogen-bond acceptors (Lipinski definition) is 4. The first-order valence-corrected chi connectivity index (χ1v) is 6.60. The second-order valence-corrected chi connectivity index (χ2v) is 4.39. The monoisotopic (exact) mass is 271 g/mol. The van der Waals surface area contributed by atoms with Crippen LogP contribution in [0, 0.1) is 11.3 Å². The van der Waals surface area contributed by atoms with E-state index in [2.05, 4.69) is 10.6 Å². The zero-order valence-electron chi connectivity index (χ0n) is 10.2. The second-order valence-electron chi connectivity index (χ2n) is 4.01. The van der Waals surface area contributed by atoms with Crippen LogP contribution in [-0.4, -0.2) is 37.6 Å². The number of hydrogen-bond donors (Lipinski definition) is 2. The SMILES string of the molecule is N#C/C(=C/NCCCCl)C(=O)NCC1CCCO1. The van der Waals surface area contributed by atoms with E-state index in [1.807, 2.05) is 6.07 Å². The van der Waals surface area contributed by atoms with Crippen molar-refractivity contribution in [1.29, 1.82) is 5.26 Å². The Labute approximate surface area is 112 Å². The Kier molecular flexibility index (Phi) is 7.23. The second kappa shape index (κ2) is 8.78. The van der Waals surface area contributed by atoms with Gasteiger partial charge in [0.1, 0.15) is 11.6 Å². The van der Waals surface area contributed by atoms with Crippen LogP contribution < -0.4 is 10.6 Å². The summed E-state index contributed by atoms with van der Waals surface area (Å²) in [5, 5.41) is 14.4. The molecule has 18 heavy (non-hydrogen) atoms. The van der Waals surface area contributed by atoms with Crippen LogP contribution in [0.25, 0.3) is 0 Å². The summed E-state index contributed by atoms with van der Waals surface area (Å²) in [7, 11) is 0. The van der Waals surface area contributed by atoms with Gasteiger partial charge in [-0.1, -0.05) is 0 Å². The van der Waals surface area contributed by atoms with E-state index in [0.29, 0.717) is 19.0 Å². The highest BCUT2D eigenvalue weighted by atomic mass is 35.5. The van der Waals surface area contributed by atoms with Crippen LogP contribution in [0.5, 0.6) is 0 Å². The minimum atomic E-state index is -0.369. The van der Waals surface area contributed by atoms with Gasteiger partial charge in [0.25, 0.3) is 5.91 Å². The average Bonchev–Trinajstić information content (AvgIpc) is 2.89. The van der Waals surface area contributed by atoms with Gasteiger partial charge < -0.3 is 15.4 Å². The Balaban J connectivity index is 2.29. The number of nitrogens with zero attached hydrogens (tertiary/aromatic N) is 1.